The molecule has 2 aromatic rings. The molecule has 2 aliphatic rings. The van der Waals surface area contributed by atoms with Crippen molar-refractivity contribution in [3.8, 4) is 5.75 Å². The van der Waals surface area contributed by atoms with Gasteiger partial charge in [-0.1, -0.05) is 12.8 Å². The van der Waals surface area contributed by atoms with Gasteiger partial charge in [-0.3, -0.25) is 9.78 Å². The zero-order chi connectivity index (χ0) is 20.8. The molecule has 2 heterocycles. The first-order chi connectivity index (χ1) is 14.7. The van der Waals surface area contributed by atoms with Crippen molar-refractivity contribution >= 4 is 17.6 Å². The van der Waals surface area contributed by atoms with E-state index in [0.29, 0.717) is 43.3 Å². The number of amides is 3. The van der Waals surface area contributed by atoms with Crippen molar-refractivity contribution in [3.63, 3.8) is 0 Å². The second-order valence-corrected chi connectivity index (χ2v) is 7.94. The third-order valence-corrected chi connectivity index (χ3v) is 5.83. The molecule has 30 heavy (non-hydrogen) atoms. The first-order valence-electron chi connectivity index (χ1n) is 10.7. The van der Waals surface area contributed by atoms with E-state index in [-0.39, 0.29) is 11.9 Å². The van der Waals surface area contributed by atoms with Crippen molar-refractivity contribution in [1.29, 1.82) is 0 Å². The summed E-state index contributed by atoms with van der Waals surface area (Å²) in [4.78, 5) is 32.7. The van der Waals surface area contributed by atoms with Crippen LogP contribution in [0, 0.1) is 5.92 Å². The molecule has 7 nitrogen and oxygen atoms in total. The summed E-state index contributed by atoms with van der Waals surface area (Å²) >= 11 is 0. The monoisotopic (exact) mass is 408 g/mol. The fourth-order valence-corrected chi connectivity index (χ4v) is 4.02. The molecule has 4 rings (SSSR count). The van der Waals surface area contributed by atoms with Gasteiger partial charge in [0.25, 0.3) is 5.91 Å². The first kappa shape index (κ1) is 20.2. The lowest BCUT2D eigenvalue weighted by molar-refractivity contribution is 0.0671. The van der Waals surface area contributed by atoms with Gasteiger partial charge in [0, 0.05) is 37.9 Å². The molecule has 1 N–H and O–H groups in total. The van der Waals surface area contributed by atoms with E-state index in [1.807, 2.05) is 24.3 Å². The Labute approximate surface area is 177 Å². The third kappa shape index (κ3) is 5.09. The highest BCUT2D eigenvalue weighted by atomic mass is 16.5. The van der Waals surface area contributed by atoms with E-state index in [2.05, 4.69) is 10.3 Å². The maximum atomic E-state index is 12.8. The molecule has 1 saturated carbocycles. The third-order valence-electron chi connectivity index (χ3n) is 5.83. The molecule has 1 saturated heterocycles. The van der Waals surface area contributed by atoms with E-state index in [0.717, 1.165) is 12.4 Å². The highest BCUT2D eigenvalue weighted by molar-refractivity contribution is 5.94. The number of urea groups is 1. The maximum absolute atomic E-state index is 12.8. The number of pyridine rings is 1. The van der Waals surface area contributed by atoms with Crippen LogP contribution in [0.15, 0.2) is 48.8 Å². The second kappa shape index (κ2) is 9.61. The summed E-state index contributed by atoms with van der Waals surface area (Å²) in [6.07, 6.45) is 8.39. The maximum Gasteiger partial charge on any atom is 0.322 e. The smallest absolute Gasteiger partial charge is 0.322 e. The Morgan fingerprint density at radius 1 is 1.00 bits per heavy atom. The highest BCUT2D eigenvalue weighted by Crippen LogP contribution is 2.25. The number of ether oxygens (including phenoxy) is 1. The lowest BCUT2D eigenvalue weighted by Crippen LogP contribution is -2.51. The SMILES string of the molecule is O=C(Nc1cccnc1)N1CCN(C(=O)c2ccc(OCC3CCCC3)cc2)CC1. The number of anilines is 1. The summed E-state index contributed by atoms with van der Waals surface area (Å²) in [5.74, 6) is 1.47. The molecule has 0 bridgehead atoms. The summed E-state index contributed by atoms with van der Waals surface area (Å²) in [6, 6.07) is 10.8. The number of carbonyl (C=O) groups is 2. The number of piperazine rings is 1. The van der Waals surface area contributed by atoms with Crippen molar-refractivity contribution in [2.75, 3.05) is 38.1 Å². The van der Waals surface area contributed by atoms with Gasteiger partial charge in [0.2, 0.25) is 0 Å². The molecular weight excluding hydrogens is 380 g/mol. The van der Waals surface area contributed by atoms with Crippen LogP contribution in [0.3, 0.4) is 0 Å². The van der Waals surface area contributed by atoms with Gasteiger partial charge in [-0.05, 0) is 55.2 Å². The number of rotatable bonds is 5. The van der Waals surface area contributed by atoms with Gasteiger partial charge in [-0.2, -0.15) is 0 Å². The average molecular weight is 409 g/mol. The van der Waals surface area contributed by atoms with Crippen molar-refractivity contribution in [1.82, 2.24) is 14.8 Å². The molecule has 1 aliphatic heterocycles. The predicted octanol–water partition coefficient (Wildman–Crippen LogP) is 3.64. The Hall–Kier alpha value is -3.09. The van der Waals surface area contributed by atoms with E-state index < -0.39 is 0 Å². The summed E-state index contributed by atoms with van der Waals surface area (Å²) in [5.41, 5.74) is 1.31. The number of nitrogens with zero attached hydrogens (tertiary/aromatic N) is 3. The fourth-order valence-electron chi connectivity index (χ4n) is 4.02. The van der Waals surface area contributed by atoms with E-state index in [9.17, 15) is 9.59 Å². The van der Waals surface area contributed by atoms with Gasteiger partial charge < -0.3 is 19.9 Å². The number of nitrogens with one attached hydrogen (secondary N) is 1. The van der Waals surface area contributed by atoms with Gasteiger partial charge in [0.05, 0.1) is 18.5 Å². The van der Waals surface area contributed by atoms with Crippen LogP contribution in [0.2, 0.25) is 0 Å². The van der Waals surface area contributed by atoms with Crippen LogP contribution >= 0.6 is 0 Å². The molecule has 2 fully saturated rings. The summed E-state index contributed by atoms with van der Waals surface area (Å²) in [5, 5.41) is 2.83. The highest BCUT2D eigenvalue weighted by Gasteiger charge is 2.25. The van der Waals surface area contributed by atoms with Crippen molar-refractivity contribution in [2.24, 2.45) is 5.92 Å². The molecule has 1 aromatic heterocycles. The molecule has 7 heteroatoms. The molecule has 0 atom stereocenters. The minimum Gasteiger partial charge on any atom is -0.493 e. The topological polar surface area (TPSA) is 74.8 Å². The normalized spacial score (nSPS) is 17.1. The van der Waals surface area contributed by atoms with Gasteiger partial charge in [0.15, 0.2) is 0 Å². The number of benzene rings is 1. The predicted molar refractivity (Wildman–Crippen MR) is 115 cm³/mol. The molecule has 0 spiro atoms. The van der Waals surface area contributed by atoms with Crippen LogP contribution in [0.5, 0.6) is 5.75 Å². The van der Waals surface area contributed by atoms with Crippen molar-refractivity contribution in [3.05, 3.63) is 54.4 Å². The fraction of sp³-hybridized carbons (Fsp3) is 0.435. The Morgan fingerprint density at radius 2 is 1.70 bits per heavy atom. The molecule has 158 valence electrons. The number of carbonyl (C=O) groups excluding carboxylic acids is 2. The zero-order valence-corrected chi connectivity index (χ0v) is 17.1. The van der Waals surface area contributed by atoms with Crippen LogP contribution in [-0.2, 0) is 0 Å². The van der Waals surface area contributed by atoms with Crippen LogP contribution in [-0.4, -0.2) is 59.5 Å². The Bertz CT molecular complexity index is 843. The standard InChI is InChI=1S/C23H28N4O3/c28-22(19-7-9-21(10-8-19)30-17-18-4-1-2-5-18)26-12-14-27(15-13-26)23(29)25-20-6-3-11-24-16-20/h3,6-11,16,18H,1-2,4-5,12-15,17H2,(H,25,29). The number of hydrogen-bond donors (Lipinski definition) is 1. The molecule has 0 radical (unpaired) electrons. The van der Waals surface area contributed by atoms with Crippen molar-refractivity contribution in [2.45, 2.75) is 25.7 Å². The lowest BCUT2D eigenvalue weighted by atomic mass is 10.1. The largest absolute Gasteiger partial charge is 0.493 e. The van der Waals surface area contributed by atoms with E-state index in [4.69, 9.17) is 4.74 Å². The van der Waals surface area contributed by atoms with Crippen LogP contribution in [0.25, 0.3) is 0 Å². The summed E-state index contributed by atoms with van der Waals surface area (Å²) in [7, 11) is 0. The minimum absolute atomic E-state index is 0.00957. The lowest BCUT2D eigenvalue weighted by Gasteiger charge is -2.34. The summed E-state index contributed by atoms with van der Waals surface area (Å²) < 4.78 is 5.88. The molecule has 0 unspecified atom stereocenters. The van der Waals surface area contributed by atoms with Gasteiger partial charge >= 0.3 is 6.03 Å². The molecule has 1 aliphatic carbocycles. The summed E-state index contributed by atoms with van der Waals surface area (Å²) in [6.45, 7) is 2.79. The molecule has 1 aromatic carbocycles. The van der Waals surface area contributed by atoms with Crippen molar-refractivity contribution < 1.29 is 14.3 Å². The molecular formula is C23H28N4O3. The minimum atomic E-state index is -0.168. The van der Waals surface area contributed by atoms with E-state index >= 15 is 0 Å². The van der Waals surface area contributed by atoms with Crippen LogP contribution in [0.1, 0.15) is 36.0 Å². The second-order valence-electron chi connectivity index (χ2n) is 7.94. The zero-order valence-electron chi connectivity index (χ0n) is 17.1. The first-order valence-corrected chi connectivity index (χ1v) is 10.7. The van der Waals surface area contributed by atoms with Crippen LogP contribution < -0.4 is 10.1 Å². The van der Waals surface area contributed by atoms with E-state index in [1.165, 1.54) is 25.7 Å². The average Bonchev–Trinajstić information content (AvgIpc) is 3.32. The Balaban J connectivity index is 1.25. The Morgan fingerprint density at radius 3 is 2.37 bits per heavy atom. The quantitative estimate of drug-likeness (QED) is 0.820. The molecule has 3 amide bonds. The number of aromatic nitrogens is 1. The van der Waals surface area contributed by atoms with E-state index in [1.54, 1.807) is 34.3 Å². The van der Waals surface area contributed by atoms with Crippen LogP contribution in [0.4, 0.5) is 10.5 Å². The van der Waals surface area contributed by atoms with Gasteiger partial charge in [0.1, 0.15) is 5.75 Å². The Kier molecular flexibility index (Phi) is 6.47. The van der Waals surface area contributed by atoms with Gasteiger partial charge in [-0.15, -0.1) is 0 Å². The number of hydrogen-bond acceptors (Lipinski definition) is 4. The van der Waals surface area contributed by atoms with Gasteiger partial charge in [-0.25, -0.2) is 4.79 Å².